The van der Waals surface area contributed by atoms with Crippen LogP contribution in [0.25, 0.3) is 0 Å². The van der Waals surface area contributed by atoms with Crippen molar-refractivity contribution in [1.82, 2.24) is 4.90 Å². The van der Waals surface area contributed by atoms with Gasteiger partial charge in [-0.3, -0.25) is 4.90 Å². The smallest absolute Gasteiger partial charge is 0.123 e. The summed E-state index contributed by atoms with van der Waals surface area (Å²) < 4.78 is 24.5. The van der Waals surface area contributed by atoms with E-state index in [9.17, 15) is 4.39 Å². The zero-order valence-electron chi connectivity index (χ0n) is 13.7. The Bertz CT molecular complexity index is 701. The Hall–Kier alpha value is -1.91. The molecule has 4 heteroatoms. The van der Waals surface area contributed by atoms with Gasteiger partial charge >= 0.3 is 0 Å². The fraction of sp³-hybridized carbons (Fsp3) is 0.400. The minimum atomic E-state index is -0.189. The molecule has 2 heterocycles. The second kappa shape index (κ2) is 6.91. The summed E-state index contributed by atoms with van der Waals surface area (Å²) in [5, 5.41) is 0. The number of halogens is 1. The van der Waals surface area contributed by atoms with Crippen LogP contribution in [0.3, 0.4) is 0 Å². The predicted octanol–water partition coefficient (Wildman–Crippen LogP) is 3.20. The molecule has 4 rings (SSSR count). The van der Waals surface area contributed by atoms with E-state index < -0.39 is 0 Å². The second-order valence-electron chi connectivity index (χ2n) is 6.60. The highest BCUT2D eigenvalue weighted by atomic mass is 19.1. The van der Waals surface area contributed by atoms with E-state index in [2.05, 4.69) is 23.1 Å². The van der Waals surface area contributed by atoms with E-state index in [4.69, 9.17) is 9.47 Å². The summed E-state index contributed by atoms with van der Waals surface area (Å²) in [6.45, 7) is 4.35. The van der Waals surface area contributed by atoms with Crippen LogP contribution in [-0.2, 0) is 24.1 Å². The van der Waals surface area contributed by atoms with Gasteiger partial charge in [0.2, 0.25) is 0 Å². The summed E-state index contributed by atoms with van der Waals surface area (Å²) in [7, 11) is 0. The van der Waals surface area contributed by atoms with Crippen molar-refractivity contribution in [1.29, 1.82) is 0 Å². The SMILES string of the molecule is Fc1ccc(C[C@H]2CN(Cc3ccc4c(c3)CCO4)CCO2)cc1. The lowest BCUT2D eigenvalue weighted by atomic mass is 10.1. The van der Waals surface area contributed by atoms with Crippen molar-refractivity contribution in [3.05, 3.63) is 65.0 Å². The fourth-order valence-electron chi connectivity index (χ4n) is 3.53. The zero-order chi connectivity index (χ0) is 16.4. The van der Waals surface area contributed by atoms with Crippen molar-refractivity contribution in [3.8, 4) is 5.75 Å². The molecule has 2 aliphatic rings. The monoisotopic (exact) mass is 327 g/mol. The van der Waals surface area contributed by atoms with Crippen molar-refractivity contribution >= 4 is 0 Å². The Morgan fingerprint density at radius 1 is 1.04 bits per heavy atom. The van der Waals surface area contributed by atoms with Crippen molar-refractivity contribution < 1.29 is 13.9 Å². The number of fused-ring (bicyclic) bond motifs is 1. The molecule has 2 aromatic rings. The number of benzene rings is 2. The van der Waals surface area contributed by atoms with E-state index in [0.29, 0.717) is 0 Å². The topological polar surface area (TPSA) is 21.7 Å². The summed E-state index contributed by atoms with van der Waals surface area (Å²) in [5.41, 5.74) is 3.78. The number of hydrogen-bond acceptors (Lipinski definition) is 3. The molecule has 0 amide bonds. The van der Waals surface area contributed by atoms with E-state index in [1.807, 2.05) is 12.1 Å². The van der Waals surface area contributed by atoms with Crippen LogP contribution in [0.5, 0.6) is 5.75 Å². The van der Waals surface area contributed by atoms with Crippen LogP contribution in [0, 0.1) is 5.82 Å². The largest absolute Gasteiger partial charge is 0.493 e. The van der Waals surface area contributed by atoms with Gasteiger partial charge in [-0.2, -0.15) is 0 Å². The highest BCUT2D eigenvalue weighted by Crippen LogP contribution is 2.26. The molecular weight excluding hydrogens is 305 g/mol. The predicted molar refractivity (Wildman–Crippen MR) is 90.8 cm³/mol. The summed E-state index contributed by atoms with van der Waals surface area (Å²) in [4.78, 5) is 2.44. The third-order valence-electron chi connectivity index (χ3n) is 4.76. The molecule has 0 unspecified atom stereocenters. The summed E-state index contributed by atoms with van der Waals surface area (Å²) in [5.74, 6) is 0.848. The first kappa shape index (κ1) is 15.6. The Morgan fingerprint density at radius 3 is 2.75 bits per heavy atom. The molecule has 2 aliphatic heterocycles. The summed E-state index contributed by atoms with van der Waals surface area (Å²) >= 11 is 0. The highest BCUT2D eigenvalue weighted by Gasteiger charge is 2.21. The van der Waals surface area contributed by atoms with Gasteiger partial charge in [-0.1, -0.05) is 24.3 Å². The van der Waals surface area contributed by atoms with Gasteiger partial charge in [0, 0.05) is 26.1 Å². The molecule has 0 aliphatic carbocycles. The van der Waals surface area contributed by atoms with Crippen molar-refractivity contribution in [3.63, 3.8) is 0 Å². The van der Waals surface area contributed by atoms with Crippen molar-refractivity contribution in [2.24, 2.45) is 0 Å². The van der Waals surface area contributed by atoms with Gasteiger partial charge in [-0.25, -0.2) is 4.39 Å². The first-order valence-corrected chi connectivity index (χ1v) is 8.59. The van der Waals surface area contributed by atoms with E-state index in [-0.39, 0.29) is 11.9 Å². The fourth-order valence-corrected chi connectivity index (χ4v) is 3.53. The standard InChI is InChI=1S/C20H22FNO2/c21-18-4-1-15(2-5-18)12-19-14-22(8-10-23-19)13-16-3-6-20-17(11-16)7-9-24-20/h1-6,11,19H,7-10,12-14H2/t19-/m0/s1. The molecule has 0 aromatic heterocycles. The lowest BCUT2D eigenvalue weighted by Crippen LogP contribution is -2.42. The highest BCUT2D eigenvalue weighted by molar-refractivity contribution is 5.39. The van der Waals surface area contributed by atoms with E-state index >= 15 is 0 Å². The maximum Gasteiger partial charge on any atom is 0.123 e. The Balaban J connectivity index is 1.37. The minimum Gasteiger partial charge on any atom is -0.493 e. The van der Waals surface area contributed by atoms with Gasteiger partial charge < -0.3 is 9.47 Å². The normalized spacial score (nSPS) is 20.6. The summed E-state index contributed by atoms with van der Waals surface area (Å²) in [6.07, 6.45) is 2.01. The molecule has 3 nitrogen and oxygen atoms in total. The Morgan fingerprint density at radius 2 is 1.88 bits per heavy atom. The molecule has 0 radical (unpaired) electrons. The molecule has 0 bridgehead atoms. The van der Waals surface area contributed by atoms with E-state index in [1.54, 1.807) is 0 Å². The Labute approximate surface area is 142 Å². The average molecular weight is 327 g/mol. The van der Waals surface area contributed by atoms with E-state index in [0.717, 1.165) is 57.0 Å². The molecule has 24 heavy (non-hydrogen) atoms. The van der Waals surface area contributed by atoms with Crippen LogP contribution < -0.4 is 4.74 Å². The third-order valence-corrected chi connectivity index (χ3v) is 4.76. The number of rotatable bonds is 4. The molecule has 2 aromatic carbocycles. The number of morpholine rings is 1. The van der Waals surface area contributed by atoms with Gasteiger partial charge in [0.05, 0.1) is 19.3 Å². The molecule has 0 spiro atoms. The van der Waals surface area contributed by atoms with Crippen molar-refractivity contribution in [2.75, 3.05) is 26.3 Å². The first-order chi connectivity index (χ1) is 11.8. The molecule has 1 fully saturated rings. The molecule has 1 saturated heterocycles. The lowest BCUT2D eigenvalue weighted by Gasteiger charge is -2.33. The zero-order valence-corrected chi connectivity index (χ0v) is 13.7. The van der Waals surface area contributed by atoms with Crippen LogP contribution in [-0.4, -0.2) is 37.3 Å². The van der Waals surface area contributed by atoms with Crippen LogP contribution in [0.1, 0.15) is 16.7 Å². The average Bonchev–Trinajstić information content (AvgIpc) is 3.05. The van der Waals surface area contributed by atoms with Crippen LogP contribution >= 0.6 is 0 Å². The molecular formula is C20H22FNO2. The number of nitrogens with zero attached hydrogens (tertiary/aromatic N) is 1. The van der Waals surface area contributed by atoms with Gasteiger partial charge in [0.25, 0.3) is 0 Å². The van der Waals surface area contributed by atoms with Crippen LogP contribution in [0.4, 0.5) is 4.39 Å². The molecule has 0 saturated carbocycles. The second-order valence-corrected chi connectivity index (χ2v) is 6.60. The molecule has 126 valence electrons. The maximum absolute atomic E-state index is 13.0. The first-order valence-electron chi connectivity index (χ1n) is 8.59. The van der Waals surface area contributed by atoms with Crippen LogP contribution in [0.2, 0.25) is 0 Å². The molecule has 0 N–H and O–H groups in total. The van der Waals surface area contributed by atoms with Gasteiger partial charge in [-0.15, -0.1) is 0 Å². The van der Waals surface area contributed by atoms with Gasteiger partial charge in [0.1, 0.15) is 11.6 Å². The quantitative estimate of drug-likeness (QED) is 0.861. The molecule has 1 atom stereocenters. The number of ether oxygens (including phenoxy) is 2. The van der Waals surface area contributed by atoms with E-state index in [1.165, 1.54) is 23.3 Å². The minimum absolute atomic E-state index is 0.168. The van der Waals surface area contributed by atoms with Crippen LogP contribution in [0.15, 0.2) is 42.5 Å². The van der Waals surface area contributed by atoms with Gasteiger partial charge in [0.15, 0.2) is 0 Å². The lowest BCUT2D eigenvalue weighted by molar-refractivity contribution is -0.0305. The third kappa shape index (κ3) is 3.60. The summed E-state index contributed by atoms with van der Waals surface area (Å²) in [6, 6.07) is 13.2. The Kier molecular flexibility index (Phi) is 4.50. The maximum atomic E-state index is 13.0. The van der Waals surface area contributed by atoms with Crippen molar-refractivity contribution in [2.45, 2.75) is 25.5 Å². The van der Waals surface area contributed by atoms with Gasteiger partial charge in [-0.05, 0) is 41.3 Å². The number of hydrogen-bond donors (Lipinski definition) is 0.